The average molecular weight is 253 g/mol. The van der Waals surface area contributed by atoms with Crippen LogP contribution in [0.25, 0.3) is 0 Å². The summed E-state index contributed by atoms with van der Waals surface area (Å²) in [5.41, 5.74) is 0. The minimum Gasteiger partial charge on any atom is -0.501 e. The molecule has 36 valence electrons. The minimum absolute atomic E-state index is 0. The van der Waals surface area contributed by atoms with Gasteiger partial charge in [-0.1, -0.05) is 13.8 Å². The minimum atomic E-state index is 0. The monoisotopic (exact) mass is 253 g/mol. The Morgan fingerprint density at radius 3 is 1.67 bits per heavy atom. The quantitative estimate of drug-likeness (QED) is 0.623. The second-order valence-electron chi connectivity index (χ2n) is 1.36. The predicted octanol–water partition coefficient (Wildman–Crippen LogP) is 1.63. The molecule has 0 aromatic carbocycles. The van der Waals surface area contributed by atoms with E-state index in [4.69, 9.17) is 0 Å². The Labute approximate surface area is 53.9 Å². The van der Waals surface area contributed by atoms with Crippen molar-refractivity contribution >= 4 is 0 Å². The molecule has 0 aliphatic heterocycles. The zero-order valence-electron chi connectivity index (χ0n) is 4.19. The van der Waals surface area contributed by atoms with Crippen LogP contribution in [0.1, 0.15) is 13.8 Å². The first-order valence-electron chi connectivity index (χ1n) is 1.80. The van der Waals surface area contributed by atoms with Gasteiger partial charge in [0.25, 0.3) is 0 Å². The molecule has 0 aliphatic rings. The van der Waals surface area contributed by atoms with Gasteiger partial charge >= 0.3 is 0 Å². The van der Waals surface area contributed by atoms with Crippen LogP contribution in [0.4, 0.5) is 0 Å². The van der Waals surface area contributed by atoms with Crippen LogP contribution < -0.4 is 0 Å². The Hall–Kier alpha value is 0.428. The van der Waals surface area contributed by atoms with Gasteiger partial charge < -0.3 is 6.08 Å². The molecule has 1 heteroatoms. The van der Waals surface area contributed by atoms with Crippen LogP contribution >= 0.6 is 0 Å². The summed E-state index contributed by atoms with van der Waals surface area (Å²) in [5, 5.41) is 0. The zero-order valence-corrected chi connectivity index (χ0v) is 7.13. The van der Waals surface area contributed by atoms with Crippen LogP contribution in [0.15, 0.2) is 6.58 Å². The molecule has 0 rings (SSSR count). The molecule has 0 bridgehead atoms. The van der Waals surface area contributed by atoms with E-state index in [1.165, 1.54) is 0 Å². The zero-order chi connectivity index (χ0) is 4.28. The summed E-state index contributed by atoms with van der Waals surface area (Å²) in [5.74, 6) is 0.523. The van der Waals surface area contributed by atoms with Gasteiger partial charge in [-0.25, -0.2) is 0 Å². The summed E-state index contributed by atoms with van der Waals surface area (Å²) in [4.78, 5) is 0. The molecule has 0 saturated heterocycles. The van der Waals surface area contributed by atoms with Crippen molar-refractivity contribution in [3.05, 3.63) is 12.7 Å². The Balaban J connectivity index is 0. The number of rotatable bonds is 1. The molecule has 0 spiro atoms. The molecule has 0 aliphatic carbocycles. The SMILES string of the molecule is C=[C-]C(C)C.[W]. The molecule has 6 heavy (non-hydrogen) atoms. The third-order valence-electron chi connectivity index (χ3n) is 0.408. The summed E-state index contributed by atoms with van der Waals surface area (Å²) in [6, 6.07) is 0. The van der Waals surface area contributed by atoms with E-state index in [0.29, 0.717) is 5.92 Å². The normalized spacial score (nSPS) is 7.17. The maximum atomic E-state index is 3.44. The molecule has 0 fully saturated rings. The number of hydrogen-bond acceptors (Lipinski definition) is 0. The van der Waals surface area contributed by atoms with Gasteiger partial charge in [-0.2, -0.15) is 5.92 Å². The second kappa shape index (κ2) is 5.43. The van der Waals surface area contributed by atoms with Gasteiger partial charge in [0.2, 0.25) is 0 Å². The van der Waals surface area contributed by atoms with Gasteiger partial charge in [0.1, 0.15) is 0 Å². The van der Waals surface area contributed by atoms with Crippen molar-refractivity contribution in [3.8, 4) is 0 Å². The van der Waals surface area contributed by atoms with Crippen LogP contribution in [0, 0.1) is 12.0 Å². The maximum Gasteiger partial charge on any atom is 0 e. The van der Waals surface area contributed by atoms with Crippen LogP contribution in [-0.4, -0.2) is 0 Å². The number of hydrogen-bond donors (Lipinski definition) is 0. The third-order valence-corrected chi connectivity index (χ3v) is 0.408. The van der Waals surface area contributed by atoms with Crippen molar-refractivity contribution in [1.82, 2.24) is 0 Å². The summed E-state index contributed by atoms with van der Waals surface area (Å²) in [6.45, 7) is 7.53. The molecule has 0 radical (unpaired) electrons. The summed E-state index contributed by atoms with van der Waals surface area (Å²) in [7, 11) is 0. The van der Waals surface area contributed by atoms with Gasteiger partial charge in [-0.15, -0.1) is 0 Å². The fourth-order valence-corrected chi connectivity index (χ4v) is 0. The number of allylic oxidation sites excluding steroid dienone is 1. The molecule has 0 aromatic heterocycles. The first kappa shape index (κ1) is 9.66. The van der Waals surface area contributed by atoms with Crippen LogP contribution in [-0.2, 0) is 21.1 Å². The van der Waals surface area contributed by atoms with Crippen molar-refractivity contribution in [1.29, 1.82) is 0 Å². The van der Waals surface area contributed by atoms with Gasteiger partial charge in [0.05, 0.1) is 0 Å². The van der Waals surface area contributed by atoms with E-state index in [0.717, 1.165) is 0 Å². The fourth-order valence-electron chi connectivity index (χ4n) is 0. The molecule has 0 aromatic rings. The molecule has 0 atom stereocenters. The molecule has 0 unspecified atom stereocenters. The smallest absolute Gasteiger partial charge is 0 e. The van der Waals surface area contributed by atoms with Crippen molar-refractivity contribution in [2.75, 3.05) is 0 Å². The molecule has 0 amide bonds. The van der Waals surface area contributed by atoms with E-state index in [1.54, 1.807) is 0 Å². The molecular weight excluding hydrogens is 244 g/mol. The largest absolute Gasteiger partial charge is 0.501 e. The Morgan fingerprint density at radius 1 is 1.50 bits per heavy atom. The summed E-state index contributed by atoms with van der Waals surface area (Å²) >= 11 is 0. The standard InChI is InChI=1S/C5H9.W/c1-4-5(2)3;/h5H,1H2,2-3H3;/q-1;. The topological polar surface area (TPSA) is 0 Å². The van der Waals surface area contributed by atoms with Crippen molar-refractivity contribution in [2.45, 2.75) is 13.8 Å². The molecule has 0 nitrogen and oxygen atoms in total. The second-order valence-corrected chi connectivity index (χ2v) is 1.36. The van der Waals surface area contributed by atoms with Crippen LogP contribution in [0.3, 0.4) is 0 Å². The van der Waals surface area contributed by atoms with E-state index in [9.17, 15) is 0 Å². The van der Waals surface area contributed by atoms with E-state index in [1.807, 2.05) is 13.8 Å². The molecule has 0 heterocycles. The fraction of sp³-hybridized carbons (Fsp3) is 0.600. The van der Waals surface area contributed by atoms with E-state index in [-0.39, 0.29) is 21.1 Å². The van der Waals surface area contributed by atoms with Gasteiger partial charge in [-0.3, -0.25) is 6.58 Å². The van der Waals surface area contributed by atoms with Gasteiger partial charge in [0, 0.05) is 21.1 Å². The van der Waals surface area contributed by atoms with Crippen molar-refractivity contribution in [2.24, 2.45) is 5.92 Å². The van der Waals surface area contributed by atoms with E-state index in [2.05, 4.69) is 12.7 Å². The van der Waals surface area contributed by atoms with Crippen molar-refractivity contribution in [3.63, 3.8) is 0 Å². The van der Waals surface area contributed by atoms with E-state index >= 15 is 0 Å². The van der Waals surface area contributed by atoms with Crippen molar-refractivity contribution < 1.29 is 21.1 Å². The first-order valence-corrected chi connectivity index (χ1v) is 1.80. The maximum absolute atomic E-state index is 3.44. The third kappa shape index (κ3) is 8.83. The Bertz CT molecular complexity index is 30.9. The summed E-state index contributed by atoms with van der Waals surface area (Å²) in [6.07, 6.45) is 2.78. The van der Waals surface area contributed by atoms with Crippen LogP contribution in [0.5, 0.6) is 0 Å². The van der Waals surface area contributed by atoms with Gasteiger partial charge in [-0.05, 0) is 0 Å². The molecule has 0 saturated carbocycles. The Kier molecular flexibility index (Phi) is 8.74. The molecular formula is C5H9W-. The van der Waals surface area contributed by atoms with Gasteiger partial charge in [0.15, 0.2) is 0 Å². The van der Waals surface area contributed by atoms with Crippen LogP contribution in [0.2, 0.25) is 0 Å². The summed E-state index contributed by atoms with van der Waals surface area (Å²) < 4.78 is 0. The first-order chi connectivity index (χ1) is 2.27. The average Bonchev–Trinajstić information content (AvgIpc) is 1.38. The van der Waals surface area contributed by atoms with E-state index < -0.39 is 0 Å². The predicted molar refractivity (Wildman–Crippen MR) is 23.7 cm³/mol. The Morgan fingerprint density at radius 2 is 1.67 bits per heavy atom. The molecule has 0 N–H and O–H groups in total.